The maximum atomic E-state index is 5.37. The van der Waals surface area contributed by atoms with Gasteiger partial charge in [-0.1, -0.05) is 19.3 Å². The largest absolute Gasteiger partial charge is 0.381 e. The van der Waals surface area contributed by atoms with Gasteiger partial charge in [0.25, 0.3) is 0 Å². The monoisotopic (exact) mass is 142 g/mol. The van der Waals surface area contributed by atoms with E-state index in [0.717, 1.165) is 19.1 Å². The molecule has 0 aliphatic heterocycles. The fraction of sp³-hybridized carbons (Fsp3) is 1.00. The van der Waals surface area contributed by atoms with Crippen LogP contribution in [0.4, 0.5) is 0 Å². The van der Waals surface area contributed by atoms with Crippen molar-refractivity contribution in [1.29, 1.82) is 0 Å². The zero-order valence-electron chi connectivity index (χ0n) is 6.94. The molecule has 10 heavy (non-hydrogen) atoms. The van der Waals surface area contributed by atoms with Gasteiger partial charge in [0.2, 0.25) is 0 Å². The zero-order chi connectivity index (χ0) is 7.23. The Morgan fingerprint density at radius 2 is 1.90 bits per heavy atom. The zero-order valence-corrected chi connectivity index (χ0v) is 6.94. The first-order chi connectivity index (χ1) is 4.93. The lowest BCUT2D eigenvalue weighted by atomic mass is 9.90. The summed E-state index contributed by atoms with van der Waals surface area (Å²) < 4.78 is 5.37. The highest BCUT2D eigenvalue weighted by Crippen LogP contribution is 2.23. The fourth-order valence-corrected chi connectivity index (χ4v) is 1.64. The smallest absolute Gasteiger partial charge is 0.0494 e. The highest BCUT2D eigenvalue weighted by atomic mass is 16.5. The summed E-state index contributed by atoms with van der Waals surface area (Å²) >= 11 is 0. The Balaban J connectivity index is 2.02. The molecule has 1 saturated carbocycles. The Kier molecular flexibility index (Phi) is 3.81. The van der Waals surface area contributed by atoms with E-state index in [1.54, 1.807) is 0 Å². The fourth-order valence-electron chi connectivity index (χ4n) is 1.64. The summed E-state index contributed by atoms with van der Waals surface area (Å²) in [4.78, 5) is 0. The van der Waals surface area contributed by atoms with Crippen LogP contribution in [0.15, 0.2) is 0 Å². The van der Waals surface area contributed by atoms with Crippen molar-refractivity contribution in [3.63, 3.8) is 0 Å². The van der Waals surface area contributed by atoms with Crippen molar-refractivity contribution < 1.29 is 4.74 Å². The molecule has 0 aromatic heterocycles. The molecule has 60 valence electrons. The molecule has 0 atom stereocenters. The number of ether oxygens (including phenoxy) is 1. The van der Waals surface area contributed by atoms with Crippen LogP contribution in [0.1, 0.15) is 39.0 Å². The molecule has 0 saturated heterocycles. The molecule has 0 radical (unpaired) electrons. The standard InChI is InChI=1S/C9H18O/c1-2-10-8-9-6-4-3-5-7-9/h9H,2-8H2,1H3. The van der Waals surface area contributed by atoms with Gasteiger partial charge < -0.3 is 4.74 Å². The lowest BCUT2D eigenvalue weighted by Crippen LogP contribution is -2.12. The molecule has 0 aromatic carbocycles. The van der Waals surface area contributed by atoms with E-state index in [9.17, 15) is 0 Å². The molecular weight excluding hydrogens is 124 g/mol. The van der Waals surface area contributed by atoms with Gasteiger partial charge in [0, 0.05) is 13.2 Å². The normalized spacial score (nSPS) is 21.3. The minimum absolute atomic E-state index is 0.883. The topological polar surface area (TPSA) is 9.23 Å². The SMILES string of the molecule is CCOCC1CCCCC1. The van der Waals surface area contributed by atoms with E-state index in [1.165, 1.54) is 32.1 Å². The summed E-state index contributed by atoms with van der Waals surface area (Å²) in [7, 11) is 0. The number of hydrogen-bond donors (Lipinski definition) is 0. The molecule has 1 aliphatic rings. The molecule has 0 aromatic rings. The van der Waals surface area contributed by atoms with Crippen LogP contribution in [0.3, 0.4) is 0 Å². The highest BCUT2D eigenvalue weighted by Gasteiger charge is 2.12. The second kappa shape index (κ2) is 4.73. The Labute approximate surface area is 63.8 Å². The summed E-state index contributed by atoms with van der Waals surface area (Å²) in [6.45, 7) is 3.97. The summed E-state index contributed by atoms with van der Waals surface area (Å²) in [5.41, 5.74) is 0. The molecule has 1 nitrogen and oxygen atoms in total. The van der Waals surface area contributed by atoms with E-state index in [1.807, 2.05) is 0 Å². The maximum absolute atomic E-state index is 5.37. The van der Waals surface area contributed by atoms with Gasteiger partial charge in [0.1, 0.15) is 0 Å². The third-order valence-electron chi connectivity index (χ3n) is 2.28. The van der Waals surface area contributed by atoms with Crippen LogP contribution in [0.2, 0.25) is 0 Å². The van der Waals surface area contributed by atoms with E-state index in [4.69, 9.17) is 4.74 Å². The number of rotatable bonds is 3. The Morgan fingerprint density at radius 3 is 2.50 bits per heavy atom. The Morgan fingerprint density at radius 1 is 1.20 bits per heavy atom. The average Bonchev–Trinajstić information content (AvgIpc) is 2.03. The van der Waals surface area contributed by atoms with Crippen LogP contribution >= 0.6 is 0 Å². The third-order valence-corrected chi connectivity index (χ3v) is 2.28. The molecule has 1 aliphatic carbocycles. The van der Waals surface area contributed by atoms with E-state index < -0.39 is 0 Å². The number of hydrogen-bond acceptors (Lipinski definition) is 1. The molecular formula is C9H18O. The van der Waals surface area contributed by atoms with Crippen LogP contribution in [0.25, 0.3) is 0 Å². The van der Waals surface area contributed by atoms with Crippen molar-refractivity contribution >= 4 is 0 Å². The van der Waals surface area contributed by atoms with E-state index in [0.29, 0.717) is 0 Å². The first-order valence-corrected chi connectivity index (χ1v) is 4.51. The Bertz CT molecular complexity index is 74.8. The highest BCUT2D eigenvalue weighted by molar-refractivity contribution is 4.64. The molecule has 0 N–H and O–H groups in total. The molecule has 0 amide bonds. The molecule has 0 bridgehead atoms. The van der Waals surface area contributed by atoms with Crippen LogP contribution in [0, 0.1) is 5.92 Å². The maximum Gasteiger partial charge on any atom is 0.0494 e. The van der Waals surface area contributed by atoms with Crippen LogP contribution in [0.5, 0.6) is 0 Å². The molecule has 1 rings (SSSR count). The quantitative estimate of drug-likeness (QED) is 0.588. The van der Waals surface area contributed by atoms with Crippen molar-refractivity contribution in [2.45, 2.75) is 39.0 Å². The van der Waals surface area contributed by atoms with Crippen LogP contribution < -0.4 is 0 Å². The van der Waals surface area contributed by atoms with Crippen molar-refractivity contribution in [1.82, 2.24) is 0 Å². The van der Waals surface area contributed by atoms with Gasteiger partial charge in [0.05, 0.1) is 0 Å². The second-order valence-corrected chi connectivity index (χ2v) is 3.16. The average molecular weight is 142 g/mol. The van der Waals surface area contributed by atoms with Gasteiger partial charge in [0.15, 0.2) is 0 Å². The molecule has 1 heteroatoms. The predicted octanol–water partition coefficient (Wildman–Crippen LogP) is 2.60. The van der Waals surface area contributed by atoms with Crippen LogP contribution in [-0.2, 0) is 4.74 Å². The molecule has 0 unspecified atom stereocenters. The van der Waals surface area contributed by atoms with Gasteiger partial charge >= 0.3 is 0 Å². The Hall–Kier alpha value is -0.0400. The van der Waals surface area contributed by atoms with Gasteiger partial charge in [-0.25, -0.2) is 0 Å². The van der Waals surface area contributed by atoms with Gasteiger partial charge in [-0.05, 0) is 25.7 Å². The lowest BCUT2D eigenvalue weighted by molar-refractivity contribution is 0.0949. The first kappa shape index (κ1) is 8.06. The lowest BCUT2D eigenvalue weighted by Gasteiger charge is -2.20. The summed E-state index contributed by atoms with van der Waals surface area (Å²) in [6.07, 6.45) is 7.11. The second-order valence-electron chi connectivity index (χ2n) is 3.16. The van der Waals surface area contributed by atoms with Gasteiger partial charge in [-0.15, -0.1) is 0 Å². The van der Waals surface area contributed by atoms with E-state index >= 15 is 0 Å². The predicted molar refractivity (Wildman–Crippen MR) is 43.1 cm³/mol. The van der Waals surface area contributed by atoms with Crippen LogP contribution in [-0.4, -0.2) is 13.2 Å². The molecule has 0 spiro atoms. The molecule has 1 fully saturated rings. The van der Waals surface area contributed by atoms with E-state index in [-0.39, 0.29) is 0 Å². The summed E-state index contributed by atoms with van der Waals surface area (Å²) in [5, 5.41) is 0. The van der Waals surface area contributed by atoms with Crippen molar-refractivity contribution in [2.24, 2.45) is 5.92 Å². The molecule has 0 heterocycles. The summed E-state index contributed by atoms with van der Waals surface area (Å²) in [6, 6.07) is 0. The van der Waals surface area contributed by atoms with E-state index in [2.05, 4.69) is 6.92 Å². The first-order valence-electron chi connectivity index (χ1n) is 4.51. The third kappa shape index (κ3) is 2.70. The van der Waals surface area contributed by atoms with Crippen molar-refractivity contribution in [3.05, 3.63) is 0 Å². The van der Waals surface area contributed by atoms with Gasteiger partial charge in [-0.3, -0.25) is 0 Å². The van der Waals surface area contributed by atoms with Crippen molar-refractivity contribution in [3.8, 4) is 0 Å². The van der Waals surface area contributed by atoms with Gasteiger partial charge in [-0.2, -0.15) is 0 Å². The minimum atomic E-state index is 0.883. The summed E-state index contributed by atoms with van der Waals surface area (Å²) in [5.74, 6) is 0.883. The minimum Gasteiger partial charge on any atom is -0.381 e. The van der Waals surface area contributed by atoms with Crippen molar-refractivity contribution in [2.75, 3.05) is 13.2 Å².